The summed E-state index contributed by atoms with van der Waals surface area (Å²) in [5.41, 5.74) is 1.91. The van der Waals surface area contributed by atoms with E-state index in [1.54, 1.807) is 7.11 Å². The molecule has 4 heteroatoms. The van der Waals surface area contributed by atoms with Gasteiger partial charge in [-0.2, -0.15) is 0 Å². The number of hydrogen-bond acceptors (Lipinski definition) is 2. The topological polar surface area (TPSA) is 42.2 Å². The highest BCUT2D eigenvalue weighted by molar-refractivity contribution is 5.92. The monoisotopic (exact) mass is 271 g/mol. The van der Waals surface area contributed by atoms with Gasteiger partial charge in [0.05, 0.1) is 19.2 Å². The van der Waals surface area contributed by atoms with Crippen LogP contribution in [0, 0.1) is 6.92 Å². The fourth-order valence-electron chi connectivity index (χ4n) is 1.87. The van der Waals surface area contributed by atoms with Crippen molar-refractivity contribution in [3.8, 4) is 5.75 Å². The molecule has 20 heavy (non-hydrogen) atoms. The molecule has 2 rings (SSSR count). The first-order chi connectivity index (χ1) is 9.69. The van der Waals surface area contributed by atoms with Crippen molar-refractivity contribution < 1.29 is 14.1 Å². The van der Waals surface area contributed by atoms with Crippen molar-refractivity contribution in [1.82, 2.24) is 0 Å². The maximum Gasteiger partial charge on any atom is 0.230 e. The van der Waals surface area contributed by atoms with Crippen LogP contribution in [0.4, 0.5) is 5.69 Å². The van der Waals surface area contributed by atoms with Crippen LogP contribution in [-0.2, 0) is 11.3 Å². The molecule has 0 unspecified atom stereocenters. The number of methoxy groups -OCH3 is 1. The SMILES string of the molecule is COc1ccccc1NC(=O)CC[n+]1ccc(C)cc1. The van der Waals surface area contributed by atoms with Gasteiger partial charge in [-0.05, 0) is 24.6 Å². The lowest BCUT2D eigenvalue weighted by Gasteiger charge is -2.08. The van der Waals surface area contributed by atoms with Gasteiger partial charge < -0.3 is 10.1 Å². The minimum absolute atomic E-state index is 0.0254. The Morgan fingerprint density at radius 3 is 2.60 bits per heavy atom. The Hall–Kier alpha value is -2.36. The van der Waals surface area contributed by atoms with Gasteiger partial charge in [0.15, 0.2) is 18.9 Å². The number of benzene rings is 1. The number of rotatable bonds is 5. The second-order valence-electron chi connectivity index (χ2n) is 4.61. The van der Waals surface area contributed by atoms with E-state index in [1.807, 2.05) is 60.3 Å². The average Bonchev–Trinajstić information content (AvgIpc) is 2.47. The fourth-order valence-corrected chi connectivity index (χ4v) is 1.87. The number of para-hydroxylation sites is 2. The van der Waals surface area contributed by atoms with E-state index in [2.05, 4.69) is 5.32 Å². The molecule has 1 aromatic heterocycles. The highest BCUT2D eigenvalue weighted by atomic mass is 16.5. The number of aromatic nitrogens is 1. The third-order valence-electron chi connectivity index (χ3n) is 3.04. The highest BCUT2D eigenvalue weighted by Crippen LogP contribution is 2.22. The molecule has 0 saturated heterocycles. The van der Waals surface area contributed by atoms with Gasteiger partial charge in [-0.25, -0.2) is 4.57 Å². The van der Waals surface area contributed by atoms with Gasteiger partial charge in [-0.3, -0.25) is 4.79 Å². The smallest absolute Gasteiger partial charge is 0.230 e. The maximum absolute atomic E-state index is 11.9. The third-order valence-corrected chi connectivity index (χ3v) is 3.04. The van der Waals surface area contributed by atoms with Crippen LogP contribution < -0.4 is 14.6 Å². The molecular weight excluding hydrogens is 252 g/mol. The number of carbonyl (C=O) groups excluding carboxylic acids is 1. The standard InChI is InChI=1S/C16H18N2O2/c1-13-7-10-18(11-8-13)12-9-16(19)17-14-5-3-4-6-15(14)20-2/h3-8,10-11H,9,12H2,1-2H3/p+1. The van der Waals surface area contributed by atoms with Crippen molar-refractivity contribution in [2.75, 3.05) is 12.4 Å². The lowest BCUT2D eigenvalue weighted by Crippen LogP contribution is -2.34. The molecule has 0 atom stereocenters. The summed E-state index contributed by atoms with van der Waals surface area (Å²) in [5, 5.41) is 2.87. The molecule has 104 valence electrons. The first-order valence-corrected chi connectivity index (χ1v) is 6.57. The summed E-state index contributed by atoms with van der Waals surface area (Å²) in [6.45, 7) is 2.69. The van der Waals surface area contributed by atoms with Crippen LogP contribution in [0.1, 0.15) is 12.0 Å². The highest BCUT2D eigenvalue weighted by Gasteiger charge is 2.09. The van der Waals surface area contributed by atoms with Crippen LogP contribution in [0.5, 0.6) is 5.75 Å². The molecule has 0 aliphatic rings. The van der Waals surface area contributed by atoms with Crippen LogP contribution in [-0.4, -0.2) is 13.0 Å². The second-order valence-corrected chi connectivity index (χ2v) is 4.61. The van der Waals surface area contributed by atoms with Crippen LogP contribution in [0.3, 0.4) is 0 Å². The first kappa shape index (κ1) is 14.1. The van der Waals surface area contributed by atoms with E-state index in [4.69, 9.17) is 4.74 Å². The lowest BCUT2D eigenvalue weighted by atomic mass is 10.2. The van der Waals surface area contributed by atoms with Crippen LogP contribution >= 0.6 is 0 Å². The Bertz CT molecular complexity index is 579. The molecular formula is C16H19N2O2+. The first-order valence-electron chi connectivity index (χ1n) is 6.57. The largest absolute Gasteiger partial charge is 0.495 e. The van der Waals surface area contributed by atoms with Crippen molar-refractivity contribution in [3.63, 3.8) is 0 Å². The van der Waals surface area contributed by atoms with E-state index in [9.17, 15) is 4.79 Å². The molecule has 0 radical (unpaired) electrons. The summed E-state index contributed by atoms with van der Waals surface area (Å²) < 4.78 is 7.20. The van der Waals surface area contributed by atoms with Gasteiger partial charge in [0.25, 0.3) is 0 Å². The molecule has 0 spiro atoms. The van der Waals surface area contributed by atoms with E-state index >= 15 is 0 Å². The molecule has 1 heterocycles. The van der Waals surface area contributed by atoms with Gasteiger partial charge in [0.2, 0.25) is 5.91 Å². The van der Waals surface area contributed by atoms with Gasteiger partial charge >= 0.3 is 0 Å². The molecule has 4 nitrogen and oxygen atoms in total. The predicted octanol–water partition coefficient (Wildman–Crippen LogP) is 2.32. The third kappa shape index (κ3) is 3.82. The Morgan fingerprint density at radius 2 is 1.90 bits per heavy atom. The van der Waals surface area contributed by atoms with E-state index < -0.39 is 0 Å². The van der Waals surface area contributed by atoms with Gasteiger partial charge in [-0.15, -0.1) is 0 Å². The summed E-state index contributed by atoms with van der Waals surface area (Å²) in [4.78, 5) is 11.9. The van der Waals surface area contributed by atoms with Crippen molar-refractivity contribution in [2.45, 2.75) is 19.9 Å². The molecule has 0 aliphatic heterocycles. The number of pyridine rings is 1. The fraction of sp³-hybridized carbons (Fsp3) is 0.250. The Kier molecular flexibility index (Phi) is 4.71. The van der Waals surface area contributed by atoms with Crippen molar-refractivity contribution >= 4 is 11.6 Å². The van der Waals surface area contributed by atoms with Crippen LogP contribution in [0.25, 0.3) is 0 Å². The minimum Gasteiger partial charge on any atom is -0.495 e. The van der Waals surface area contributed by atoms with E-state index in [-0.39, 0.29) is 5.91 Å². The van der Waals surface area contributed by atoms with Crippen LogP contribution in [0.15, 0.2) is 48.8 Å². The van der Waals surface area contributed by atoms with Crippen LogP contribution in [0.2, 0.25) is 0 Å². The van der Waals surface area contributed by atoms with E-state index in [1.165, 1.54) is 5.56 Å². The zero-order valence-electron chi connectivity index (χ0n) is 11.8. The van der Waals surface area contributed by atoms with E-state index in [0.717, 1.165) is 0 Å². The maximum atomic E-state index is 11.9. The molecule has 0 fully saturated rings. The summed E-state index contributed by atoms with van der Waals surface area (Å²) >= 11 is 0. The quantitative estimate of drug-likeness (QED) is 0.848. The van der Waals surface area contributed by atoms with Gasteiger partial charge in [0, 0.05) is 12.1 Å². The molecule has 1 amide bonds. The van der Waals surface area contributed by atoms with Gasteiger partial charge in [0.1, 0.15) is 5.75 Å². The van der Waals surface area contributed by atoms with Crippen molar-refractivity contribution in [1.29, 1.82) is 0 Å². The van der Waals surface area contributed by atoms with Gasteiger partial charge in [-0.1, -0.05) is 12.1 Å². The normalized spacial score (nSPS) is 10.1. The number of ether oxygens (including phenoxy) is 1. The number of carbonyl (C=O) groups is 1. The minimum atomic E-state index is -0.0254. The number of nitrogens with one attached hydrogen (secondary N) is 1. The molecule has 1 aromatic carbocycles. The zero-order valence-corrected chi connectivity index (χ0v) is 11.8. The summed E-state index contributed by atoms with van der Waals surface area (Å²) in [5.74, 6) is 0.645. The number of anilines is 1. The van der Waals surface area contributed by atoms with Crippen molar-refractivity contribution in [2.24, 2.45) is 0 Å². The van der Waals surface area contributed by atoms with E-state index in [0.29, 0.717) is 24.4 Å². The summed E-state index contributed by atoms with van der Waals surface area (Å²) in [6, 6.07) is 11.4. The summed E-state index contributed by atoms with van der Waals surface area (Å²) in [6.07, 6.45) is 4.38. The number of nitrogens with zero attached hydrogens (tertiary/aromatic N) is 1. The lowest BCUT2D eigenvalue weighted by molar-refractivity contribution is -0.695. The molecule has 0 aliphatic carbocycles. The predicted molar refractivity (Wildman–Crippen MR) is 77.6 cm³/mol. The summed E-state index contributed by atoms with van der Waals surface area (Å²) in [7, 11) is 1.59. The second kappa shape index (κ2) is 6.70. The molecule has 1 N–H and O–H groups in total. The Morgan fingerprint density at radius 1 is 1.20 bits per heavy atom. The number of hydrogen-bond donors (Lipinski definition) is 1. The Balaban J connectivity index is 1.91. The number of amides is 1. The van der Waals surface area contributed by atoms with Crippen molar-refractivity contribution in [3.05, 3.63) is 54.4 Å². The zero-order chi connectivity index (χ0) is 14.4. The molecule has 0 bridgehead atoms. The Labute approximate surface area is 119 Å². The number of aryl methyl sites for hydroxylation is 2. The average molecular weight is 271 g/mol. The molecule has 2 aromatic rings. The molecule has 0 saturated carbocycles.